The molecule has 3 N–H and O–H groups in total. The van der Waals surface area contributed by atoms with Gasteiger partial charge in [0.05, 0.1) is 26.4 Å². The van der Waals surface area contributed by atoms with Gasteiger partial charge in [-0.25, -0.2) is 9.13 Å². The molecule has 0 spiro atoms. The van der Waals surface area contributed by atoms with Crippen molar-refractivity contribution in [2.75, 3.05) is 39.6 Å². The number of rotatable bonds is 69. The summed E-state index contributed by atoms with van der Waals surface area (Å²) in [4.78, 5) is 72.4. The molecule has 0 rings (SSSR count). The average molecular weight is 1310 g/mol. The Morgan fingerprint density at radius 3 is 0.820 bits per heavy atom. The number of carbonyl (C=O) groups excluding carboxylic acids is 4. The molecule has 0 saturated carbocycles. The van der Waals surface area contributed by atoms with Crippen LogP contribution in [0.15, 0.2) is 24.3 Å². The van der Waals surface area contributed by atoms with Crippen molar-refractivity contribution in [2.45, 2.75) is 361 Å². The number of hydrogen-bond acceptors (Lipinski definition) is 15. The number of phosphoric ester groups is 2. The van der Waals surface area contributed by atoms with E-state index in [1.54, 1.807) is 0 Å². The van der Waals surface area contributed by atoms with Crippen LogP contribution >= 0.6 is 15.6 Å². The van der Waals surface area contributed by atoms with Crippen LogP contribution in [0.5, 0.6) is 0 Å². The summed E-state index contributed by atoms with van der Waals surface area (Å²) in [6, 6.07) is 0. The molecule has 0 aliphatic rings. The van der Waals surface area contributed by atoms with Crippen LogP contribution in [0.2, 0.25) is 0 Å². The van der Waals surface area contributed by atoms with E-state index in [0.717, 1.165) is 116 Å². The molecule has 0 aromatic rings. The molecule has 0 aromatic heterocycles. The van der Waals surface area contributed by atoms with Crippen LogP contribution in [-0.4, -0.2) is 96.7 Å². The van der Waals surface area contributed by atoms with Crippen LogP contribution in [0.25, 0.3) is 0 Å². The van der Waals surface area contributed by atoms with Crippen molar-refractivity contribution in [3.8, 4) is 0 Å². The van der Waals surface area contributed by atoms with Crippen LogP contribution < -0.4 is 0 Å². The zero-order valence-corrected chi connectivity index (χ0v) is 58.7. The lowest BCUT2D eigenvalue weighted by Gasteiger charge is -2.21. The summed E-state index contributed by atoms with van der Waals surface area (Å²) < 4.78 is 68.1. The highest BCUT2D eigenvalue weighted by Crippen LogP contribution is 2.45. The van der Waals surface area contributed by atoms with E-state index in [-0.39, 0.29) is 25.7 Å². The van der Waals surface area contributed by atoms with Gasteiger partial charge in [-0.3, -0.25) is 37.3 Å². The van der Waals surface area contributed by atoms with Crippen molar-refractivity contribution in [3.63, 3.8) is 0 Å². The first kappa shape index (κ1) is 86.5. The molecule has 0 aliphatic heterocycles. The van der Waals surface area contributed by atoms with Gasteiger partial charge in [0, 0.05) is 25.7 Å². The lowest BCUT2D eigenvalue weighted by Crippen LogP contribution is -2.30. The summed E-state index contributed by atoms with van der Waals surface area (Å²) in [5.41, 5.74) is 0. The third-order valence-electron chi connectivity index (χ3n) is 15.7. The third-order valence-corrected chi connectivity index (χ3v) is 17.6. The number of ether oxygens (including phenoxy) is 4. The van der Waals surface area contributed by atoms with E-state index in [9.17, 15) is 43.2 Å². The van der Waals surface area contributed by atoms with Crippen LogP contribution in [0.3, 0.4) is 0 Å². The van der Waals surface area contributed by atoms with Gasteiger partial charge in [-0.05, 0) is 51.4 Å². The van der Waals surface area contributed by atoms with Gasteiger partial charge in [-0.1, -0.05) is 290 Å². The van der Waals surface area contributed by atoms with Crippen molar-refractivity contribution >= 4 is 39.5 Å². The fourth-order valence-electron chi connectivity index (χ4n) is 10.2. The highest BCUT2D eigenvalue weighted by molar-refractivity contribution is 7.47. The second-order valence-corrected chi connectivity index (χ2v) is 27.5. The van der Waals surface area contributed by atoms with Crippen molar-refractivity contribution in [1.82, 2.24) is 0 Å². The maximum Gasteiger partial charge on any atom is 0.472 e. The standard InChI is InChI=1S/C70H132O17P2/c1-5-9-13-17-21-25-28-30-32-34-36-38-41-45-49-53-57-70(75)87-66(61-81-68(73)55-51-47-43-40-37-35-33-31-29-26-22-18-14-10-6-2)63-85-89(78,79)83-59-64(71)58-82-88(76,77)84-62-65(60-80-67(72)54-50-46-42-24-20-16-12-8-4)86-69(74)56-52-48-44-39-27-23-19-15-11-7-3/h26,29,31,33,64-66,71H,5-25,27-28,30,32,34-63H2,1-4H3,(H,76,77)(H,78,79)/b29-26-,33-31-/t64-,65+,66+/m0/s1. The lowest BCUT2D eigenvalue weighted by atomic mass is 10.0. The Hall–Kier alpha value is -2.46. The van der Waals surface area contributed by atoms with Gasteiger partial charge in [0.1, 0.15) is 19.3 Å². The van der Waals surface area contributed by atoms with Crippen molar-refractivity contribution in [2.24, 2.45) is 0 Å². The van der Waals surface area contributed by atoms with E-state index in [0.29, 0.717) is 25.7 Å². The molecule has 19 heteroatoms. The normalized spacial score (nSPS) is 14.2. The Balaban J connectivity index is 5.25. The Morgan fingerprint density at radius 1 is 0.315 bits per heavy atom. The van der Waals surface area contributed by atoms with Gasteiger partial charge in [-0.15, -0.1) is 0 Å². The second kappa shape index (κ2) is 64.3. The van der Waals surface area contributed by atoms with Crippen molar-refractivity contribution in [1.29, 1.82) is 0 Å². The average Bonchev–Trinajstić information content (AvgIpc) is 3.72. The summed E-state index contributed by atoms with van der Waals surface area (Å²) in [5.74, 6) is -2.15. The molecule has 524 valence electrons. The summed E-state index contributed by atoms with van der Waals surface area (Å²) in [6.07, 6.45) is 54.9. The number of hydrogen-bond donors (Lipinski definition) is 3. The fraction of sp³-hybridized carbons (Fsp3) is 0.886. The number of allylic oxidation sites excluding steroid dienone is 4. The molecule has 0 radical (unpaired) electrons. The molecule has 0 aromatic carbocycles. The lowest BCUT2D eigenvalue weighted by molar-refractivity contribution is -0.161. The summed E-state index contributed by atoms with van der Waals surface area (Å²) in [7, 11) is -9.90. The van der Waals surface area contributed by atoms with E-state index in [4.69, 9.17) is 37.0 Å². The zero-order chi connectivity index (χ0) is 65.4. The predicted molar refractivity (Wildman–Crippen MR) is 358 cm³/mol. The number of aliphatic hydroxyl groups excluding tert-OH is 1. The third kappa shape index (κ3) is 64.1. The first-order valence-electron chi connectivity index (χ1n) is 36.1. The molecule has 0 amide bonds. The topological polar surface area (TPSA) is 237 Å². The van der Waals surface area contributed by atoms with E-state index >= 15 is 0 Å². The first-order chi connectivity index (χ1) is 43.2. The highest BCUT2D eigenvalue weighted by atomic mass is 31.2. The SMILES string of the molecule is CCCCCC/C=C\C=C/CCCCCCCC(=O)OC[C@H](COP(=O)(O)OC[C@@H](O)COP(=O)(O)OC[C@@H](COC(=O)CCCCCCCCCC)OC(=O)CCCCCCCCCCCC)OC(=O)CCCCCCCCCCCCCCCCCC. The molecule has 2 unspecified atom stereocenters. The molecular formula is C70H132O17P2. The Labute approximate surface area is 542 Å². The Kier molecular flexibility index (Phi) is 62.5. The predicted octanol–water partition coefficient (Wildman–Crippen LogP) is 19.8. The monoisotopic (exact) mass is 1310 g/mol. The number of phosphoric acid groups is 2. The van der Waals surface area contributed by atoms with Crippen molar-refractivity contribution < 1.29 is 80.2 Å². The Morgan fingerprint density at radius 2 is 0.539 bits per heavy atom. The van der Waals surface area contributed by atoms with Gasteiger partial charge >= 0.3 is 39.5 Å². The summed E-state index contributed by atoms with van der Waals surface area (Å²) >= 11 is 0. The molecule has 5 atom stereocenters. The number of carbonyl (C=O) groups is 4. The van der Waals surface area contributed by atoms with Gasteiger partial charge in [-0.2, -0.15) is 0 Å². The zero-order valence-electron chi connectivity index (χ0n) is 56.9. The molecule has 0 aliphatic carbocycles. The molecule has 17 nitrogen and oxygen atoms in total. The van der Waals surface area contributed by atoms with Crippen LogP contribution in [0.4, 0.5) is 0 Å². The van der Waals surface area contributed by atoms with Crippen LogP contribution in [0.1, 0.15) is 342 Å². The van der Waals surface area contributed by atoms with Crippen LogP contribution in [0, 0.1) is 0 Å². The maximum atomic E-state index is 13.0. The summed E-state index contributed by atoms with van der Waals surface area (Å²) in [6.45, 7) is 4.84. The van der Waals surface area contributed by atoms with E-state index in [1.165, 1.54) is 148 Å². The molecular weight excluding hydrogens is 1170 g/mol. The molecule has 0 fully saturated rings. The quantitative estimate of drug-likeness (QED) is 0.0169. The highest BCUT2D eigenvalue weighted by Gasteiger charge is 2.30. The van der Waals surface area contributed by atoms with Gasteiger partial charge < -0.3 is 33.8 Å². The van der Waals surface area contributed by atoms with Crippen LogP contribution in [-0.2, 0) is 65.4 Å². The molecule has 0 bridgehead atoms. The molecule has 89 heavy (non-hydrogen) atoms. The van der Waals surface area contributed by atoms with E-state index in [1.807, 2.05) is 0 Å². The minimum Gasteiger partial charge on any atom is -0.462 e. The largest absolute Gasteiger partial charge is 0.472 e. The fourth-order valence-corrected chi connectivity index (χ4v) is 11.7. The smallest absolute Gasteiger partial charge is 0.462 e. The van der Waals surface area contributed by atoms with Crippen molar-refractivity contribution in [3.05, 3.63) is 24.3 Å². The molecule has 0 saturated heterocycles. The minimum absolute atomic E-state index is 0.102. The second-order valence-electron chi connectivity index (χ2n) is 24.6. The Bertz CT molecular complexity index is 1800. The van der Waals surface area contributed by atoms with Gasteiger partial charge in [0.25, 0.3) is 0 Å². The van der Waals surface area contributed by atoms with Gasteiger partial charge in [0.2, 0.25) is 0 Å². The number of aliphatic hydroxyl groups is 1. The minimum atomic E-state index is -4.96. The van der Waals surface area contributed by atoms with Gasteiger partial charge in [0.15, 0.2) is 12.2 Å². The molecule has 0 heterocycles. The van der Waals surface area contributed by atoms with E-state index in [2.05, 4.69) is 52.0 Å². The number of unbranched alkanes of at least 4 members (excludes halogenated alkanes) is 40. The number of esters is 4. The van der Waals surface area contributed by atoms with E-state index < -0.39 is 97.5 Å². The summed E-state index contributed by atoms with van der Waals surface area (Å²) in [5, 5.41) is 10.6. The maximum absolute atomic E-state index is 13.0. The first-order valence-corrected chi connectivity index (χ1v) is 39.1.